The lowest BCUT2D eigenvalue weighted by Gasteiger charge is -2.05. The molecule has 1 aromatic carbocycles. The Labute approximate surface area is 171 Å². The highest BCUT2D eigenvalue weighted by atomic mass is 32.2. The third-order valence-electron chi connectivity index (χ3n) is 4.59. The van der Waals surface area contributed by atoms with Gasteiger partial charge in [0.05, 0.1) is 29.8 Å². The molecular weight excluding hydrogens is 391 g/mol. The maximum absolute atomic E-state index is 14.0. The largest absolute Gasteiger partial charge is 0.466 e. The van der Waals surface area contributed by atoms with E-state index < -0.39 is 0 Å². The molecule has 0 bridgehead atoms. The third kappa shape index (κ3) is 3.91. The van der Waals surface area contributed by atoms with Crippen LogP contribution in [0, 0.1) is 12.7 Å². The zero-order chi connectivity index (χ0) is 20.4. The number of esters is 1. The van der Waals surface area contributed by atoms with Crippen molar-refractivity contribution in [2.75, 3.05) is 6.61 Å². The average molecular weight is 410 g/mol. The first-order valence-corrected chi connectivity index (χ1v) is 10.0. The first-order valence-electron chi connectivity index (χ1n) is 9.19. The average Bonchev–Trinajstić information content (AvgIpc) is 3.32. The number of rotatable bonds is 6. The van der Waals surface area contributed by atoms with Crippen LogP contribution in [0.5, 0.6) is 0 Å². The van der Waals surface area contributed by atoms with Gasteiger partial charge in [0, 0.05) is 16.7 Å². The molecule has 0 fully saturated rings. The van der Waals surface area contributed by atoms with E-state index in [-0.39, 0.29) is 18.2 Å². The van der Waals surface area contributed by atoms with Crippen molar-refractivity contribution in [2.45, 2.75) is 30.2 Å². The van der Waals surface area contributed by atoms with E-state index in [4.69, 9.17) is 9.15 Å². The van der Waals surface area contributed by atoms with Gasteiger partial charge >= 0.3 is 5.97 Å². The maximum Gasteiger partial charge on any atom is 0.310 e. The lowest BCUT2D eigenvalue weighted by atomic mass is 10.1. The topological polar surface area (TPSA) is 56.7 Å². The summed E-state index contributed by atoms with van der Waals surface area (Å²) in [5.41, 5.74) is 3.47. The highest BCUT2D eigenvalue weighted by molar-refractivity contribution is 7.99. The van der Waals surface area contributed by atoms with Gasteiger partial charge < -0.3 is 13.6 Å². The molecule has 0 aliphatic carbocycles. The molecule has 0 atom stereocenters. The van der Waals surface area contributed by atoms with Crippen molar-refractivity contribution in [2.24, 2.45) is 0 Å². The number of halogens is 1. The predicted octanol–water partition coefficient (Wildman–Crippen LogP) is 5.30. The van der Waals surface area contributed by atoms with Crippen LogP contribution in [0.25, 0.3) is 17.0 Å². The molecule has 0 unspecified atom stereocenters. The molecular formula is C22H19FN2O3S. The van der Waals surface area contributed by atoms with Crippen molar-refractivity contribution < 1.29 is 18.3 Å². The molecule has 0 aliphatic heterocycles. The van der Waals surface area contributed by atoms with Crippen LogP contribution in [0.4, 0.5) is 4.39 Å². The fourth-order valence-electron chi connectivity index (χ4n) is 3.24. The molecule has 5 nitrogen and oxygen atoms in total. The Morgan fingerprint density at radius 1 is 1.24 bits per heavy atom. The van der Waals surface area contributed by atoms with Crippen molar-refractivity contribution >= 4 is 23.2 Å². The Balaban J connectivity index is 1.70. The molecule has 3 aromatic heterocycles. The summed E-state index contributed by atoms with van der Waals surface area (Å²) in [6.07, 6.45) is 4.74. The van der Waals surface area contributed by atoms with Crippen molar-refractivity contribution in [1.29, 1.82) is 0 Å². The van der Waals surface area contributed by atoms with Gasteiger partial charge in [-0.15, -0.1) is 0 Å². The number of fused-ring (bicyclic) bond motifs is 1. The maximum atomic E-state index is 14.0. The minimum absolute atomic E-state index is 0.151. The second-order valence-corrected chi connectivity index (χ2v) is 7.52. The monoisotopic (exact) mass is 410 g/mol. The molecule has 0 aliphatic rings. The second kappa shape index (κ2) is 8.13. The zero-order valence-corrected chi connectivity index (χ0v) is 16.8. The number of pyridine rings is 1. The Kier molecular flexibility index (Phi) is 5.40. The van der Waals surface area contributed by atoms with Gasteiger partial charge in [0.25, 0.3) is 0 Å². The summed E-state index contributed by atoms with van der Waals surface area (Å²) < 4.78 is 26.2. The summed E-state index contributed by atoms with van der Waals surface area (Å²) in [4.78, 5) is 17.2. The van der Waals surface area contributed by atoms with Crippen LogP contribution >= 0.6 is 11.8 Å². The minimum Gasteiger partial charge on any atom is -0.466 e. The summed E-state index contributed by atoms with van der Waals surface area (Å²) in [5, 5.41) is 0.864. The van der Waals surface area contributed by atoms with Gasteiger partial charge in [-0.25, -0.2) is 9.37 Å². The summed E-state index contributed by atoms with van der Waals surface area (Å²) >= 11 is 1.51. The van der Waals surface area contributed by atoms with Gasteiger partial charge in [-0.05, 0) is 61.4 Å². The number of nitrogens with zero attached hydrogens (tertiary/aromatic N) is 2. The first kappa shape index (κ1) is 19.3. The Morgan fingerprint density at radius 2 is 2.03 bits per heavy atom. The van der Waals surface area contributed by atoms with E-state index in [0.717, 1.165) is 32.1 Å². The Morgan fingerprint density at radius 3 is 2.72 bits per heavy atom. The van der Waals surface area contributed by atoms with E-state index in [1.165, 1.54) is 30.3 Å². The SMILES string of the molecule is CCOC(=O)Cc1c(C)c(Sc2ccc(-c3ncco3)cc2)n2cc(F)ccc12. The predicted molar refractivity (Wildman–Crippen MR) is 108 cm³/mol. The van der Waals surface area contributed by atoms with Crippen molar-refractivity contribution in [3.63, 3.8) is 0 Å². The number of benzene rings is 1. The molecule has 29 heavy (non-hydrogen) atoms. The number of ether oxygens (including phenoxy) is 1. The van der Waals surface area contributed by atoms with E-state index in [9.17, 15) is 9.18 Å². The Hall–Kier alpha value is -3.06. The van der Waals surface area contributed by atoms with Gasteiger partial charge in [-0.3, -0.25) is 4.79 Å². The van der Waals surface area contributed by atoms with Crippen LogP contribution in [0.1, 0.15) is 18.1 Å². The quantitative estimate of drug-likeness (QED) is 0.404. The molecule has 148 valence electrons. The smallest absolute Gasteiger partial charge is 0.310 e. The van der Waals surface area contributed by atoms with E-state index in [0.29, 0.717) is 12.5 Å². The minimum atomic E-state index is -0.337. The second-order valence-electron chi connectivity index (χ2n) is 6.46. The molecule has 3 heterocycles. The van der Waals surface area contributed by atoms with Gasteiger partial charge in [0.1, 0.15) is 12.1 Å². The van der Waals surface area contributed by atoms with Crippen LogP contribution in [0.3, 0.4) is 0 Å². The van der Waals surface area contributed by atoms with Gasteiger partial charge in [0.2, 0.25) is 5.89 Å². The molecule has 0 N–H and O–H groups in total. The van der Waals surface area contributed by atoms with Crippen LogP contribution in [-0.4, -0.2) is 22.0 Å². The first-order chi connectivity index (χ1) is 14.1. The van der Waals surface area contributed by atoms with Crippen molar-refractivity contribution in [3.05, 3.63) is 72.0 Å². The molecule has 0 saturated heterocycles. The van der Waals surface area contributed by atoms with E-state index in [2.05, 4.69) is 4.98 Å². The summed E-state index contributed by atoms with van der Waals surface area (Å²) in [6, 6.07) is 10.9. The highest BCUT2D eigenvalue weighted by Crippen LogP contribution is 2.36. The zero-order valence-electron chi connectivity index (χ0n) is 16.0. The third-order valence-corrected chi connectivity index (χ3v) is 5.79. The fourth-order valence-corrected chi connectivity index (χ4v) is 4.26. The van der Waals surface area contributed by atoms with Crippen LogP contribution in [0.15, 0.2) is 69.4 Å². The number of oxazole rings is 1. The van der Waals surface area contributed by atoms with E-state index >= 15 is 0 Å². The van der Waals surface area contributed by atoms with Crippen LogP contribution < -0.4 is 0 Å². The molecule has 0 amide bonds. The van der Waals surface area contributed by atoms with Gasteiger partial charge in [0.15, 0.2) is 0 Å². The summed E-state index contributed by atoms with van der Waals surface area (Å²) in [6.45, 7) is 4.06. The summed E-state index contributed by atoms with van der Waals surface area (Å²) in [7, 11) is 0. The lowest BCUT2D eigenvalue weighted by Crippen LogP contribution is -2.08. The molecule has 0 radical (unpaired) electrons. The van der Waals surface area contributed by atoms with Gasteiger partial charge in [-0.2, -0.15) is 0 Å². The Bertz CT molecular complexity index is 1150. The number of aromatic nitrogens is 2. The summed E-state index contributed by atoms with van der Waals surface area (Å²) in [5.74, 6) is -0.0692. The van der Waals surface area contributed by atoms with E-state index in [1.807, 2.05) is 31.2 Å². The lowest BCUT2D eigenvalue weighted by molar-refractivity contribution is -0.142. The fraction of sp³-hybridized carbons (Fsp3) is 0.182. The highest BCUT2D eigenvalue weighted by Gasteiger charge is 2.19. The van der Waals surface area contributed by atoms with Crippen LogP contribution in [0.2, 0.25) is 0 Å². The van der Waals surface area contributed by atoms with Crippen molar-refractivity contribution in [1.82, 2.24) is 9.38 Å². The van der Waals surface area contributed by atoms with Gasteiger partial charge in [-0.1, -0.05) is 11.8 Å². The van der Waals surface area contributed by atoms with Crippen molar-refractivity contribution in [3.8, 4) is 11.5 Å². The standard InChI is InChI=1S/C22H19FN2O3S/c1-3-27-20(26)12-18-14(2)22(25-13-16(23)6-9-19(18)25)29-17-7-4-15(5-8-17)21-24-10-11-28-21/h4-11,13H,3,12H2,1-2H3. The normalized spacial score (nSPS) is 11.1. The van der Waals surface area contributed by atoms with E-state index in [1.54, 1.807) is 23.6 Å². The molecule has 0 spiro atoms. The molecule has 7 heteroatoms. The number of hydrogen-bond donors (Lipinski definition) is 0. The number of carbonyl (C=O) groups excluding carboxylic acids is 1. The molecule has 0 saturated carbocycles. The number of carbonyl (C=O) groups is 1. The molecule has 4 aromatic rings. The number of hydrogen-bond acceptors (Lipinski definition) is 5. The van der Waals surface area contributed by atoms with Crippen LogP contribution in [-0.2, 0) is 16.0 Å². The molecule has 4 rings (SSSR count).